The highest BCUT2D eigenvalue weighted by Crippen LogP contribution is 2.22. The lowest BCUT2D eigenvalue weighted by atomic mass is 10.2. The lowest BCUT2D eigenvalue weighted by Gasteiger charge is -2.16. The van der Waals surface area contributed by atoms with Crippen LogP contribution in [0.1, 0.15) is 38.4 Å². The van der Waals surface area contributed by atoms with Gasteiger partial charge in [-0.1, -0.05) is 13.8 Å². The molecule has 2 aromatic rings. The van der Waals surface area contributed by atoms with Crippen LogP contribution >= 0.6 is 0 Å². The number of hydrogen-bond acceptors (Lipinski definition) is 6. The maximum absolute atomic E-state index is 12.3. The number of nitrogens with zero attached hydrogens (tertiary/aromatic N) is 5. The Labute approximate surface area is 142 Å². The van der Waals surface area contributed by atoms with Crippen LogP contribution in [0.2, 0.25) is 0 Å². The summed E-state index contributed by atoms with van der Waals surface area (Å²) in [5.41, 5.74) is 0.749. The van der Waals surface area contributed by atoms with Gasteiger partial charge in [-0.25, -0.2) is 22.7 Å². The van der Waals surface area contributed by atoms with Crippen molar-refractivity contribution < 1.29 is 8.42 Å². The first-order valence-electron chi connectivity index (χ1n) is 8.30. The van der Waals surface area contributed by atoms with Gasteiger partial charge in [-0.15, -0.1) is 0 Å². The molecule has 132 valence electrons. The fraction of sp³-hybridized carbons (Fsp3) is 0.667. The molecule has 0 saturated carbocycles. The second-order valence-corrected chi connectivity index (χ2v) is 8.53. The summed E-state index contributed by atoms with van der Waals surface area (Å²) in [6.07, 6.45) is 3.61. The number of nitrogens with one attached hydrogen (secondary N) is 1. The summed E-state index contributed by atoms with van der Waals surface area (Å²) in [4.78, 5) is 9.08. The molecule has 1 aliphatic rings. The van der Waals surface area contributed by atoms with Gasteiger partial charge in [-0.3, -0.25) is 4.68 Å². The average Bonchev–Trinajstić information content (AvgIpc) is 3.18. The van der Waals surface area contributed by atoms with Gasteiger partial charge in [0.2, 0.25) is 10.0 Å². The quantitative estimate of drug-likeness (QED) is 0.843. The fourth-order valence-electron chi connectivity index (χ4n) is 2.83. The van der Waals surface area contributed by atoms with Gasteiger partial charge in [0.05, 0.1) is 17.3 Å². The minimum atomic E-state index is -3.20. The summed E-state index contributed by atoms with van der Waals surface area (Å²) in [5.74, 6) is 1.61. The maximum Gasteiger partial charge on any atom is 0.215 e. The third-order valence-electron chi connectivity index (χ3n) is 4.24. The third kappa shape index (κ3) is 3.36. The van der Waals surface area contributed by atoms with E-state index in [0.717, 1.165) is 29.7 Å². The smallest absolute Gasteiger partial charge is 0.215 e. The highest BCUT2D eigenvalue weighted by molar-refractivity contribution is 7.89. The molecule has 1 fully saturated rings. The average molecular weight is 352 g/mol. The Hall–Kier alpha value is -1.74. The number of hydrogen-bond donors (Lipinski definition) is 1. The Morgan fingerprint density at radius 3 is 2.62 bits per heavy atom. The van der Waals surface area contributed by atoms with Gasteiger partial charge in [0.15, 0.2) is 5.65 Å². The molecule has 0 atom stereocenters. The van der Waals surface area contributed by atoms with Crippen molar-refractivity contribution in [3.05, 3.63) is 12.0 Å². The number of sulfonamides is 1. The zero-order chi connectivity index (χ0) is 17.3. The number of fused-ring (bicyclic) bond motifs is 1. The topological polar surface area (TPSA) is 93.0 Å². The van der Waals surface area contributed by atoms with Gasteiger partial charge >= 0.3 is 0 Å². The van der Waals surface area contributed by atoms with Gasteiger partial charge in [-0.05, 0) is 12.8 Å². The van der Waals surface area contributed by atoms with E-state index in [2.05, 4.69) is 20.4 Å². The minimum absolute atomic E-state index is 0.0652. The van der Waals surface area contributed by atoms with Gasteiger partial charge in [-0.2, -0.15) is 5.10 Å². The van der Waals surface area contributed by atoms with E-state index < -0.39 is 10.0 Å². The third-order valence-corrected chi connectivity index (χ3v) is 6.11. The molecule has 0 unspecified atom stereocenters. The standard InChI is InChI=1S/C15H24N6O2S/c1-11(2)13-18-14(12-10-17-20(3)15(12)19-13)16-6-9-24(22,23)21-7-4-5-8-21/h10-11H,4-9H2,1-3H3,(H,16,18,19). The summed E-state index contributed by atoms with van der Waals surface area (Å²) < 4.78 is 27.9. The van der Waals surface area contributed by atoms with E-state index in [1.807, 2.05) is 20.9 Å². The van der Waals surface area contributed by atoms with Crippen LogP contribution in [0.4, 0.5) is 5.82 Å². The van der Waals surface area contributed by atoms with Crippen LogP contribution in [0.15, 0.2) is 6.20 Å². The van der Waals surface area contributed by atoms with Crippen LogP contribution in [0.5, 0.6) is 0 Å². The summed E-state index contributed by atoms with van der Waals surface area (Å²) in [5, 5.41) is 8.20. The Morgan fingerprint density at radius 2 is 1.96 bits per heavy atom. The van der Waals surface area contributed by atoms with Crippen molar-refractivity contribution in [1.29, 1.82) is 0 Å². The van der Waals surface area contributed by atoms with Crippen molar-refractivity contribution in [3.63, 3.8) is 0 Å². The molecule has 9 heteroatoms. The zero-order valence-electron chi connectivity index (χ0n) is 14.4. The van der Waals surface area contributed by atoms with E-state index >= 15 is 0 Å². The molecule has 0 radical (unpaired) electrons. The summed E-state index contributed by atoms with van der Waals surface area (Å²) in [6, 6.07) is 0. The molecular formula is C15H24N6O2S. The predicted octanol–water partition coefficient (Wildman–Crippen LogP) is 1.32. The molecule has 0 aliphatic carbocycles. The number of rotatable bonds is 6. The summed E-state index contributed by atoms with van der Waals surface area (Å²) in [6.45, 7) is 5.65. The Kier molecular flexibility index (Phi) is 4.73. The fourth-order valence-corrected chi connectivity index (χ4v) is 4.26. The Morgan fingerprint density at radius 1 is 1.25 bits per heavy atom. The molecule has 24 heavy (non-hydrogen) atoms. The molecule has 0 amide bonds. The van der Waals surface area contributed by atoms with Crippen LogP contribution < -0.4 is 5.32 Å². The molecule has 1 saturated heterocycles. The molecule has 1 N–H and O–H groups in total. The van der Waals surface area contributed by atoms with Gasteiger partial charge in [0, 0.05) is 32.6 Å². The van der Waals surface area contributed by atoms with Crippen LogP contribution in [0.3, 0.4) is 0 Å². The molecule has 8 nitrogen and oxygen atoms in total. The first-order valence-corrected chi connectivity index (χ1v) is 9.91. The first kappa shape index (κ1) is 17.1. The van der Waals surface area contributed by atoms with Crippen LogP contribution in [0.25, 0.3) is 11.0 Å². The Balaban J connectivity index is 1.77. The maximum atomic E-state index is 12.3. The number of aromatic nitrogens is 4. The first-order chi connectivity index (χ1) is 11.4. The van der Waals surface area contributed by atoms with Gasteiger partial charge < -0.3 is 5.32 Å². The van der Waals surface area contributed by atoms with Gasteiger partial charge in [0.25, 0.3) is 0 Å². The second kappa shape index (κ2) is 6.64. The number of aryl methyl sites for hydroxylation is 1. The largest absolute Gasteiger partial charge is 0.368 e. The molecule has 3 rings (SSSR count). The SMILES string of the molecule is CC(C)c1nc(NCCS(=O)(=O)N2CCCC2)c2cnn(C)c2n1. The van der Waals surface area contributed by atoms with Crippen molar-refractivity contribution in [2.45, 2.75) is 32.6 Å². The minimum Gasteiger partial charge on any atom is -0.368 e. The summed E-state index contributed by atoms with van der Waals surface area (Å²) >= 11 is 0. The molecule has 2 aromatic heterocycles. The molecule has 1 aliphatic heterocycles. The normalized spacial score (nSPS) is 16.3. The lowest BCUT2D eigenvalue weighted by Crippen LogP contribution is -2.32. The van der Waals surface area contributed by atoms with Crippen molar-refractivity contribution in [2.75, 3.05) is 30.7 Å². The number of anilines is 1. The zero-order valence-corrected chi connectivity index (χ0v) is 15.2. The van der Waals surface area contributed by atoms with E-state index in [1.165, 1.54) is 0 Å². The van der Waals surface area contributed by atoms with Crippen molar-refractivity contribution >= 4 is 26.9 Å². The van der Waals surface area contributed by atoms with Crippen molar-refractivity contribution in [2.24, 2.45) is 7.05 Å². The monoisotopic (exact) mass is 352 g/mol. The van der Waals surface area contributed by atoms with E-state index in [9.17, 15) is 8.42 Å². The van der Waals surface area contributed by atoms with Crippen molar-refractivity contribution in [1.82, 2.24) is 24.1 Å². The van der Waals surface area contributed by atoms with Crippen LogP contribution in [-0.4, -0.2) is 57.9 Å². The highest BCUT2D eigenvalue weighted by atomic mass is 32.2. The Bertz CT molecular complexity index is 824. The lowest BCUT2D eigenvalue weighted by molar-refractivity contribution is 0.478. The van der Waals surface area contributed by atoms with E-state index in [0.29, 0.717) is 25.5 Å². The molecule has 0 aromatic carbocycles. The summed E-state index contributed by atoms with van der Waals surface area (Å²) in [7, 11) is -1.36. The van der Waals surface area contributed by atoms with E-state index in [1.54, 1.807) is 15.2 Å². The second-order valence-electron chi connectivity index (χ2n) is 6.44. The van der Waals surface area contributed by atoms with E-state index in [-0.39, 0.29) is 11.7 Å². The van der Waals surface area contributed by atoms with Crippen LogP contribution in [-0.2, 0) is 17.1 Å². The van der Waals surface area contributed by atoms with Crippen LogP contribution in [0, 0.1) is 0 Å². The molecular weight excluding hydrogens is 328 g/mol. The highest BCUT2D eigenvalue weighted by Gasteiger charge is 2.25. The molecule has 0 spiro atoms. The van der Waals surface area contributed by atoms with E-state index in [4.69, 9.17) is 0 Å². The van der Waals surface area contributed by atoms with Gasteiger partial charge in [0.1, 0.15) is 11.6 Å². The predicted molar refractivity (Wildman–Crippen MR) is 93.5 cm³/mol. The molecule has 0 bridgehead atoms. The van der Waals surface area contributed by atoms with Crippen molar-refractivity contribution in [3.8, 4) is 0 Å². The molecule has 3 heterocycles.